The van der Waals surface area contributed by atoms with E-state index in [2.05, 4.69) is 26.6 Å². The number of hydrogen-bond acceptors (Lipinski definition) is 7. The molecule has 42 heavy (non-hydrogen) atoms. The Labute approximate surface area is 253 Å². The molecule has 13 heteroatoms. The van der Waals surface area contributed by atoms with Gasteiger partial charge in [0.1, 0.15) is 5.69 Å². The third-order valence-electron chi connectivity index (χ3n) is 7.70. The van der Waals surface area contributed by atoms with Crippen molar-refractivity contribution >= 4 is 60.5 Å². The van der Waals surface area contributed by atoms with E-state index < -0.39 is 28.1 Å². The molecule has 2 aliphatic rings. The van der Waals surface area contributed by atoms with Crippen LogP contribution in [0.25, 0.3) is 16.6 Å². The lowest BCUT2D eigenvalue weighted by Gasteiger charge is -2.28. The zero-order valence-electron chi connectivity index (χ0n) is 23.7. The molecule has 2 saturated carbocycles. The molecular formula is C29H34BrN5O6S. The predicted octanol–water partition coefficient (Wildman–Crippen LogP) is 4.62. The molecule has 0 saturated heterocycles. The largest absolute Gasteiger partial charge is 0.415 e. The number of esters is 1. The van der Waals surface area contributed by atoms with Crippen LogP contribution < -0.4 is 14.9 Å². The Bertz CT molecular complexity index is 1630. The van der Waals surface area contributed by atoms with E-state index in [1.54, 1.807) is 24.7 Å². The van der Waals surface area contributed by atoms with Crippen LogP contribution in [0.4, 0.5) is 10.5 Å². The van der Waals surface area contributed by atoms with Crippen LogP contribution in [0.3, 0.4) is 0 Å². The molecule has 2 aromatic carbocycles. The van der Waals surface area contributed by atoms with E-state index in [1.807, 2.05) is 30.3 Å². The fourth-order valence-corrected chi connectivity index (χ4v) is 6.73. The number of rotatable bonds is 9. The molecule has 0 aliphatic heterocycles. The van der Waals surface area contributed by atoms with Crippen molar-refractivity contribution in [1.29, 1.82) is 0 Å². The highest BCUT2D eigenvalue weighted by Crippen LogP contribution is 2.46. The van der Waals surface area contributed by atoms with Crippen LogP contribution in [0.5, 0.6) is 0 Å². The SMILES string of the molecule is CNC(=O)c1c2cc(C3CC3)c(N(CC(C)NC(=O)OC(=O)C3CCCC3)S(C)(=O)=O)cc2nn1-c1ccc(Br)cc1. The van der Waals surface area contributed by atoms with Gasteiger partial charge in [0.05, 0.1) is 35.6 Å². The molecule has 1 unspecified atom stereocenters. The molecule has 224 valence electrons. The molecule has 11 nitrogen and oxygen atoms in total. The quantitative estimate of drug-likeness (QED) is 0.252. The Hall–Kier alpha value is -3.45. The number of aromatic nitrogens is 2. The van der Waals surface area contributed by atoms with Crippen LogP contribution in [-0.2, 0) is 19.6 Å². The average Bonchev–Trinajstić information content (AvgIpc) is 3.49. The van der Waals surface area contributed by atoms with Gasteiger partial charge < -0.3 is 15.4 Å². The van der Waals surface area contributed by atoms with Gasteiger partial charge >= 0.3 is 12.1 Å². The second kappa shape index (κ2) is 12.0. The van der Waals surface area contributed by atoms with Gasteiger partial charge in [0.15, 0.2) is 0 Å². The summed E-state index contributed by atoms with van der Waals surface area (Å²) in [5.41, 5.74) is 2.71. The van der Waals surface area contributed by atoms with E-state index in [-0.39, 0.29) is 24.3 Å². The summed E-state index contributed by atoms with van der Waals surface area (Å²) in [5.74, 6) is -1.02. The summed E-state index contributed by atoms with van der Waals surface area (Å²) in [5, 5.41) is 10.6. The van der Waals surface area contributed by atoms with Crippen molar-refractivity contribution in [3.63, 3.8) is 0 Å². The molecule has 0 bridgehead atoms. The van der Waals surface area contributed by atoms with Crippen LogP contribution in [0, 0.1) is 5.92 Å². The molecule has 2 aliphatic carbocycles. The van der Waals surface area contributed by atoms with E-state index in [0.717, 1.165) is 42.0 Å². The Morgan fingerprint density at radius 1 is 1.12 bits per heavy atom. The Morgan fingerprint density at radius 3 is 2.38 bits per heavy atom. The minimum absolute atomic E-state index is 0.0908. The first-order chi connectivity index (χ1) is 20.0. The van der Waals surface area contributed by atoms with Gasteiger partial charge in [-0.15, -0.1) is 0 Å². The van der Waals surface area contributed by atoms with Gasteiger partial charge in [-0.3, -0.25) is 13.9 Å². The standard InChI is InChI=1S/C29H34BrN5O6S/c1-17(32-29(38)41-28(37)19-6-4-5-7-19)16-34(42(3,39)40)25-15-24-23(14-22(25)18-8-9-18)26(27(36)31-2)35(33-24)21-12-10-20(30)11-13-21/h10-15,17-19H,4-9,16H2,1-3H3,(H,31,36)(H,32,38). The first-order valence-electron chi connectivity index (χ1n) is 14.0. The van der Waals surface area contributed by atoms with E-state index in [0.29, 0.717) is 40.8 Å². The molecule has 2 amide bonds. The molecule has 0 radical (unpaired) electrons. The number of carbonyl (C=O) groups is 3. The van der Waals surface area contributed by atoms with Crippen molar-refractivity contribution in [2.24, 2.45) is 5.92 Å². The first kappa shape index (κ1) is 30.0. The van der Waals surface area contributed by atoms with Gasteiger partial charge in [-0.25, -0.2) is 17.9 Å². The number of benzene rings is 2. The lowest BCUT2D eigenvalue weighted by Crippen LogP contribution is -2.45. The summed E-state index contributed by atoms with van der Waals surface area (Å²) in [4.78, 5) is 37.8. The minimum Gasteiger partial charge on any atom is -0.376 e. The van der Waals surface area contributed by atoms with E-state index >= 15 is 0 Å². The molecule has 3 aromatic rings. The summed E-state index contributed by atoms with van der Waals surface area (Å²) < 4.78 is 35.0. The fourth-order valence-electron chi connectivity index (χ4n) is 5.46. The summed E-state index contributed by atoms with van der Waals surface area (Å²) in [7, 11) is -2.26. The maximum absolute atomic E-state index is 13.1. The zero-order valence-corrected chi connectivity index (χ0v) is 26.1. The molecule has 1 aromatic heterocycles. The van der Waals surface area contributed by atoms with Crippen LogP contribution in [0.15, 0.2) is 40.9 Å². The highest BCUT2D eigenvalue weighted by molar-refractivity contribution is 9.10. The van der Waals surface area contributed by atoms with Crippen LogP contribution >= 0.6 is 15.9 Å². The molecule has 2 fully saturated rings. The number of ether oxygens (including phenoxy) is 1. The molecule has 2 N–H and O–H groups in total. The van der Waals surface area contributed by atoms with Gasteiger partial charge in [-0.2, -0.15) is 5.10 Å². The summed E-state index contributed by atoms with van der Waals surface area (Å²) in [6, 6.07) is 10.2. The number of alkyl carbamates (subject to hydrolysis) is 1. The van der Waals surface area contributed by atoms with Gasteiger partial charge in [-0.05, 0) is 80.5 Å². The Morgan fingerprint density at radius 2 is 1.79 bits per heavy atom. The van der Waals surface area contributed by atoms with E-state index in [4.69, 9.17) is 9.84 Å². The lowest BCUT2D eigenvalue weighted by molar-refractivity contribution is -0.141. The average molecular weight is 661 g/mol. The van der Waals surface area contributed by atoms with Gasteiger partial charge in [0.25, 0.3) is 5.91 Å². The third-order valence-corrected chi connectivity index (χ3v) is 9.38. The van der Waals surface area contributed by atoms with Gasteiger partial charge in [0, 0.05) is 22.9 Å². The van der Waals surface area contributed by atoms with Crippen molar-refractivity contribution in [3.05, 3.63) is 52.1 Å². The fraction of sp³-hybridized carbons (Fsp3) is 0.448. The van der Waals surface area contributed by atoms with Crippen molar-refractivity contribution in [3.8, 4) is 5.69 Å². The first-order valence-corrected chi connectivity index (χ1v) is 16.6. The molecule has 1 atom stereocenters. The van der Waals surface area contributed by atoms with Crippen LogP contribution in [0.2, 0.25) is 0 Å². The number of nitrogens with zero attached hydrogens (tertiary/aromatic N) is 3. The third kappa shape index (κ3) is 6.46. The van der Waals surface area contributed by atoms with E-state index in [1.165, 1.54) is 4.31 Å². The Balaban J connectivity index is 1.49. The summed E-state index contributed by atoms with van der Waals surface area (Å²) in [6.07, 6.45) is 5.25. The highest BCUT2D eigenvalue weighted by atomic mass is 79.9. The molecule has 0 spiro atoms. The number of nitrogens with one attached hydrogen (secondary N) is 2. The van der Waals surface area contributed by atoms with Crippen LogP contribution in [-0.4, -0.2) is 62.1 Å². The second-order valence-corrected chi connectivity index (χ2v) is 13.9. The van der Waals surface area contributed by atoms with Gasteiger partial charge in [0.2, 0.25) is 10.0 Å². The van der Waals surface area contributed by atoms with Crippen LogP contribution in [0.1, 0.15) is 67.4 Å². The number of halogens is 1. The minimum atomic E-state index is -3.81. The number of fused-ring (bicyclic) bond motifs is 1. The van der Waals surface area contributed by atoms with Crippen molar-refractivity contribution in [1.82, 2.24) is 20.4 Å². The normalized spacial score (nSPS) is 16.3. The highest BCUT2D eigenvalue weighted by Gasteiger charge is 2.34. The zero-order chi connectivity index (χ0) is 30.2. The lowest BCUT2D eigenvalue weighted by atomic mass is 10.0. The number of anilines is 1. The maximum Gasteiger partial charge on any atom is 0.415 e. The number of amides is 2. The molecule has 1 heterocycles. The number of sulfonamides is 1. The maximum atomic E-state index is 13.1. The van der Waals surface area contributed by atoms with Crippen molar-refractivity contribution in [2.45, 2.75) is 57.4 Å². The summed E-state index contributed by atoms with van der Waals surface area (Å²) in [6.45, 7) is 1.56. The predicted molar refractivity (Wildman–Crippen MR) is 162 cm³/mol. The molecular weight excluding hydrogens is 626 g/mol. The number of hydrogen-bond donors (Lipinski definition) is 2. The van der Waals surface area contributed by atoms with Crippen molar-refractivity contribution < 1.29 is 27.5 Å². The monoisotopic (exact) mass is 659 g/mol. The Kier molecular flexibility index (Phi) is 8.61. The topological polar surface area (TPSA) is 140 Å². The smallest absolute Gasteiger partial charge is 0.376 e. The van der Waals surface area contributed by atoms with E-state index in [9.17, 15) is 22.8 Å². The summed E-state index contributed by atoms with van der Waals surface area (Å²) >= 11 is 3.43. The van der Waals surface area contributed by atoms with Gasteiger partial charge in [-0.1, -0.05) is 28.8 Å². The molecule has 5 rings (SSSR count). The van der Waals surface area contributed by atoms with Crippen molar-refractivity contribution in [2.75, 3.05) is 24.2 Å². The second-order valence-electron chi connectivity index (χ2n) is 11.0. The number of carbonyl (C=O) groups excluding carboxylic acids is 3.